The Labute approximate surface area is 94.5 Å². The van der Waals surface area contributed by atoms with Gasteiger partial charge in [-0.2, -0.15) is 0 Å². The number of hydrogen-bond donors (Lipinski definition) is 4. The first-order valence-corrected chi connectivity index (χ1v) is 5.28. The van der Waals surface area contributed by atoms with Crippen molar-refractivity contribution in [3.05, 3.63) is 18.2 Å². The Morgan fingerprint density at radius 2 is 2.50 bits per heavy atom. The van der Waals surface area contributed by atoms with Crippen molar-refractivity contribution in [2.75, 3.05) is 20.2 Å². The van der Waals surface area contributed by atoms with Gasteiger partial charge in [0, 0.05) is 31.3 Å². The first-order chi connectivity index (χ1) is 7.76. The number of H-pyrrole nitrogens is 1. The van der Waals surface area contributed by atoms with Crippen molar-refractivity contribution in [3.63, 3.8) is 0 Å². The smallest absolute Gasteiger partial charge is 0.221 e. The molecule has 1 atom stereocenters. The lowest BCUT2D eigenvalue weighted by Crippen LogP contribution is -2.40. The second-order valence-corrected chi connectivity index (χ2v) is 3.58. The van der Waals surface area contributed by atoms with E-state index in [9.17, 15) is 4.79 Å². The van der Waals surface area contributed by atoms with Crippen LogP contribution in [0.3, 0.4) is 0 Å². The molecule has 1 aromatic heterocycles. The number of imidazole rings is 1. The van der Waals surface area contributed by atoms with Crippen LogP contribution in [0.15, 0.2) is 12.5 Å². The molecule has 4 N–H and O–H groups in total. The summed E-state index contributed by atoms with van der Waals surface area (Å²) < 4.78 is 0. The van der Waals surface area contributed by atoms with Crippen molar-refractivity contribution in [2.24, 2.45) is 0 Å². The molecule has 0 fully saturated rings. The molecular weight excluding hydrogens is 208 g/mol. The number of aromatic nitrogens is 2. The molecule has 6 nitrogen and oxygen atoms in total. The normalized spacial score (nSPS) is 12.4. The Hall–Kier alpha value is -1.40. The van der Waals surface area contributed by atoms with E-state index < -0.39 is 0 Å². The molecule has 0 aliphatic heterocycles. The maximum Gasteiger partial charge on any atom is 0.221 e. The van der Waals surface area contributed by atoms with Gasteiger partial charge in [0.15, 0.2) is 0 Å². The number of nitrogens with zero attached hydrogens (tertiary/aromatic N) is 1. The van der Waals surface area contributed by atoms with Crippen molar-refractivity contribution in [1.82, 2.24) is 20.6 Å². The van der Waals surface area contributed by atoms with Gasteiger partial charge in [-0.1, -0.05) is 0 Å². The summed E-state index contributed by atoms with van der Waals surface area (Å²) in [5, 5.41) is 14.8. The average molecular weight is 226 g/mol. The number of nitrogens with one attached hydrogen (secondary N) is 3. The topological polar surface area (TPSA) is 90.0 Å². The zero-order valence-corrected chi connectivity index (χ0v) is 9.36. The Morgan fingerprint density at radius 1 is 1.69 bits per heavy atom. The molecule has 0 spiro atoms. The molecule has 16 heavy (non-hydrogen) atoms. The van der Waals surface area contributed by atoms with E-state index in [0.29, 0.717) is 19.4 Å². The van der Waals surface area contributed by atoms with Gasteiger partial charge in [0.05, 0.1) is 19.0 Å². The van der Waals surface area contributed by atoms with Crippen LogP contribution in [-0.2, 0) is 11.2 Å². The zero-order valence-electron chi connectivity index (χ0n) is 9.36. The SMILES string of the molecule is CNCCC(=O)N[C@H](CO)Cc1cnc[nH]1. The van der Waals surface area contributed by atoms with Gasteiger partial charge in [0.2, 0.25) is 5.91 Å². The van der Waals surface area contributed by atoms with Crippen LogP contribution in [0.4, 0.5) is 0 Å². The minimum absolute atomic E-state index is 0.0621. The zero-order chi connectivity index (χ0) is 11.8. The summed E-state index contributed by atoms with van der Waals surface area (Å²) in [7, 11) is 1.79. The molecule has 0 aliphatic carbocycles. The minimum Gasteiger partial charge on any atom is -0.394 e. The van der Waals surface area contributed by atoms with Crippen molar-refractivity contribution in [3.8, 4) is 0 Å². The standard InChI is InChI=1S/C10H18N4O2/c1-11-3-2-10(16)14-9(6-15)4-8-5-12-7-13-8/h5,7,9,11,15H,2-4,6H2,1H3,(H,12,13)(H,14,16)/t9-/m0/s1. The Morgan fingerprint density at radius 3 is 3.06 bits per heavy atom. The van der Waals surface area contributed by atoms with Crippen LogP contribution < -0.4 is 10.6 Å². The van der Waals surface area contributed by atoms with E-state index in [-0.39, 0.29) is 18.6 Å². The lowest BCUT2D eigenvalue weighted by atomic mass is 10.1. The number of aromatic amines is 1. The van der Waals surface area contributed by atoms with E-state index in [2.05, 4.69) is 20.6 Å². The molecule has 0 saturated heterocycles. The Kier molecular flexibility index (Phi) is 5.52. The number of carbonyl (C=O) groups is 1. The minimum atomic E-state index is -0.259. The van der Waals surface area contributed by atoms with E-state index >= 15 is 0 Å². The number of rotatable bonds is 7. The number of carbonyl (C=O) groups excluding carboxylic acids is 1. The second kappa shape index (κ2) is 6.97. The molecule has 0 radical (unpaired) electrons. The van der Waals surface area contributed by atoms with Gasteiger partial charge in [-0.3, -0.25) is 4.79 Å². The van der Waals surface area contributed by atoms with Crippen LogP contribution in [0.2, 0.25) is 0 Å². The fraction of sp³-hybridized carbons (Fsp3) is 0.600. The van der Waals surface area contributed by atoms with Crippen molar-refractivity contribution in [2.45, 2.75) is 18.9 Å². The number of aliphatic hydroxyl groups excluding tert-OH is 1. The number of hydrogen-bond acceptors (Lipinski definition) is 4. The van der Waals surface area contributed by atoms with Gasteiger partial charge >= 0.3 is 0 Å². The first kappa shape index (κ1) is 12.7. The van der Waals surface area contributed by atoms with E-state index in [1.54, 1.807) is 19.6 Å². The van der Waals surface area contributed by atoms with Gasteiger partial charge in [-0.05, 0) is 7.05 Å². The monoisotopic (exact) mass is 226 g/mol. The highest BCUT2D eigenvalue weighted by atomic mass is 16.3. The largest absolute Gasteiger partial charge is 0.394 e. The molecular formula is C10H18N4O2. The molecule has 0 aliphatic rings. The van der Waals surface area contributed by atoms with Gasteiger partial charge in [0.25, 0.3) is 0 Å². The van der Waals surface area contributed by atoms with Crippen molar-refractivity contribution >= 4 is 5.91 Å². The van der Waals surface area contributed by atoms with Gasteiger partial charge in [-0.25, -0.2) is 4.98 Å². The highest BCUT2D eigenvalue weighted by molar-refractivity contribution is 5.76. The van der Waals surface area contributed by atoms with Crippen LogP contribution in [0.25, 0.3) is 0 Å². The molecule has 0 saturated carbocycles. The van der Waals surface area contributed by atoms with E-state index in [1.165, 1.54) is 0 Å². The van der Waals surface area contributed by atoms with Gasteiger partial charge < -0.3 is 20.7 Å². The van der Waals surface area contributed by atoms with Crippen LogP contribution in [0.1, 0.15) is 12.1 Å². The molecule has 6 heteroatoms. The first-order valence-electron chi connectivity index (χ1n) is 5.28. The molecule has 90 valence electrons. The summed E-state index contributed by atoms with van der Waals surface area (Å²) in [5.74, 6) is -0.0621. The summed E-state index contributed by atoms with van der Waals surface area (Å²) in [4.78, 5) is 18.2. The number of aliphatic hydroxyl groups is 1. The fourth-order valence-electron chi connectivity index (χ4n) is 1.36. The number of amides is 1. The summed E-state index contributed by atoms with van der Waals surface area (Å²) in [5.41, 5.74) is 0.896. The van der Waals surface area contributed by atoms with E-state index in [1.807, 2.05) is 0 Å². The Balaban J connectivity index is 2.34. The molecule has 0 bridgehead atoms. The summed E-state index contributed by atoms with van der Waals surface area (Å²) in [6.07, 6.45) is 4.23. The van der Waals surface area contributed by atoms with Crippen molar-refractivity contribution < 1.29 is 9.90 Å². The van der Waals surface area contributed by atoms with Crippen LogP contribution >= 0.6 is 0 Å². The lowest BCUT2D eigenvalue weighted by molar-refractivity contribution is -0.122. The molecule has 1 rings (SSSR count). The van der Waals surface area contributed by atoms with Gasteiger partial charge in [-0.15, -0.1) is 0 Å². The highest BCUT2D eigenvalue weighted by Gasteiger charge is 2.12. The summed E-state index contributed by atoms with van der Waals surface area (Å²) in [6.45, 7) is 0.554. The van der Waals surface area contributed by atoms with Crippen molar-refractivity contribution in [1.29, 1.82) is 0 Å². The van der Waals surface area contributed by atoms with Crippen LogP contribution in [0, 0.1) is 0 Å². The third kappa shape index (κ3) is 4.41. The fourth-order valence-corrected chi connectivity index (χ4v) is 1.36. The van der Waals surface area contributed by atoms with E-state index in [0.717, 1.165) is 5.69 Å². The maximum atomic E-state index is 11.4. The predicted molar refractivity (Wildman–Crippen MR) is 59.9 cm³/mol. The third-order valence-corrected chi connectivity index (χ3v) is 2.21. The van der Waals surface area contributed by atoms with Gasteiger partial charge in [0.1, 0.15) is 0 Å². The highest BCUT2D eigenvalue weighted by Crippen LogP contribution is 1.98. The van der Waals surface area contributed by atoms with Crippen LogP contribution in [0.5, 0.6) is 0 Å². The summed E-state index contributed by atoms with van der Waals surface area (Å²) >= 11 is 0. The second-order valence-electron chi connectivity index (χ2n) is 3.58. The molecule has 1 amide bonds. The maximum absolute atomic E-state index is 11.4. The average Bonchev–Trinajstić information content (AvgIpc) is 2.78. The lowest BCUT2D eigenvalue weighted by Gasteiger charge is -2.15. The van der Waals surface area contributed by atoms with E-state index in [4.69, 9.17) is 5.11 Å². The molecule has 0 aromatic carbocycles. The quantitative estimate of drug-likeness (QED) is 0.482. The molecule has 0 unspecified atom stereocenters. The molecule has 1 heterocycles. The predicted octanol–water partition coefficient (Wildman–Crippen LogP) is -0.961. The Bertz CT molecular complexity index is 300. The van der Waals surface area contributed by atoms with Crippen LogP contribution in [-0.4, -0.2) is 47.2 Å². The summed E-state index contributed by atoms with van der Waals surface area (Å²) in [6, 6.07) is -0.259. The molecule has 1 aromatic rings. The third-order valence-electron chi connectivity index (χ3n) is 2.21.